The zero-order valence-electron chi connectivity index (χ0n) is 11.4. The Kier molecular flexibility index (Phi) is 6.24. The molecule has 1 aromatic heterocycles. The van der Waals surface area contributed by atoms with Gasteiger partial charge in [-0.1, -0.05) is 18.3 Å². The number of thiophene rings is 1. The summed E-state index contributed by atoms with van der Waals surface area (Å²) in [7, 11) is -2.18. The first-order chi connectivity index (χ1) is 9.31. The van der Waals surface area contributed by atoms with Gasteiger partial charge < -0.3 is 5.32 Å². The van der Waals surface area contributed by atoms with Gasteiger partial charge in [-0.3, -0.25) is 10.1 Å². The average Bonchev–Trinajstić information content (AvgIpc) is 2.83. The first kappa shape index (κ1) is 17.2. The largest absolute Gasteiger partial charge is 0.374 e. The number of nitrogens with one attached hydrogen (secondary N) is 2. The van der Waals surface area contributed by atoms with Gasteiger partial charge in [0.05, 0.1) is 4.92 Å². The number of anilines is 1. The van der Waals surface area contributed by atoms with Gasteiger partial charge in [0.1, 0.15) is 4.21 Å². The fourth-order valence-corrected chi connectivity index (χ4v) is 4.12. The minimum Gasteiger partial charge on any atom is -0.374 e. The Labute approximate surface area is 126 Å². The van der Waals surface area contributed by atoms with Crippen molar-refractivity contribution < 1.29 is 13.3 Å². The molecule has 20 heavy (non-hydrogen) atoms. The summed E-state index contributed by atoms with van der Waals surface area (Å²) in [6.07, 6.45) is 2.66. The summed E-state index contributed by atoms with van der Waals surface area (Å²) in [4.78, 5) is 10.2. The highest BCUT2D eigenvalue weighted by molar-refractivity contribution is 7.99. The van der Waals surface area contributed by atoms with E-state index in [4.69, 9.17) is 0 Å². The van der Waals surface area contributed by atoms with Crippen LogP contribution in [-0.4, -0.2) is 38.4 Å². The van der Waals surface area contributed by atoms with Crippen molar-refractivity contribution in [3.63, 3.8) is 0 Å². The van der Waals surface area contributed by atoms with Gasteiger partial charge in [0, 0.05) is 24.9 Å². The van der Waals surface area contributed by atoms with Gasteiger partial charge >= 0.3 is 5.69 Å². The molecule has 0 saturated heterocycles. The highest BCUT2D eigenvalue weighted by atomic mass is 32.2. The van der Waals surface area contributed by atoms with Crippen LogP contribution in [0.5, 0.6) is 0 Å². The van der Waals surface area contributed by atoms with E-state index in [0.29, 0.717) is 18.2 Å². The van der Waals surface area contributed by atoms with Crippen molar-refractivity contribution in [2.75, 3.05) is 25.2 Å². The van der Waals surface area contributed by atoms with Crippen LogP contribution in [0, 0.1) is 10.1 Å². The van der Waals surface area contributed by atoms with Crippen molar-refractivity contribution >= 4 is 43.8 Å². The molecule has 0 fully saturated rings. The predicted octanol–water partition coefficient (Wildman–Crippen LogP) is 2.12. The SMILES string of the molecule is CNc1sc(S(=O)(=O)NCCC(C)SC)cc1[N+](=O)[O-]. The number of hydrogen-bond acceptors (Lipinski definition) is 7. The van der Waals surface area contributed by atoms with E-state index in [1.165, 1.54) is 7.05 Å². The number of hydrogen-bond donors (Lipinski definition) is 2. The van der Waals surface area contributed by atoms with E-state index in [-0.39, 0.29) is 14.9 Å². The summed E-state index contributed by atoms with van der Waals surface area (Å²) in [6.45, 7) is 2.32. The Hall–Kier alpha value is -0.840. The molecule has 114 valence electrons. The lowest BCUT2D eigenvalue weighted by Crippen LogP contribution is -2.25. The van der Waals surface area contributed by atoms with Crippen molar-refractivity contribution in [2.45, 2.75) is 22.8 Å². The van der Waals surface area contributed by atoms with Crippen molar-refractivity contribution in [2.24, 2.45) is 0 Å². The molecule has 7 nitrogen and oxygen atoms in total. The molecule has 0 radical (unpaired) electrons. The summed E-state index contributed by atoms with van der Waals surface area (Å²) in [5, 5.41) is 14.0. The third kappa shape index (κ3) is 4.33. The van der Waals surface area contributed by atoms with Crippen molar-refractivity contribution in [1.29, 1.82) is 0 Å². The number of sulfonamides is 1. The molecule has 0 amide bonds. The Balaban J connectivity index is 2.85. The lowest BCUT2D eigenvalue weighted by atomic mass is 10.3. The van der Waals surface area contributed by atoms with Gasteiger partial charge in [0.25, 0.3) is 0 Å². The van der Waals surface area contributed by atoms with Gasteiger partial charge in [-0.15, -0.1) is 0 Å². The zero-order chi connectivity index (χ0) is 15.3. The van der Waals surface area contributed by atoms with E-state index in [2.05, 4.69) is 10.0 Å². The first-order valence-corrected chi connectivity index (χ1v) is 9.39. The second kappa shape index (κ2) is 7.25. The molecule has 1 rings (SSSR count). The number of nitro groups is 1. The fraction of sp³-hybridized carbons (Fsp3) is 0.600. The smallest absolute Gasteiger partial charge is 0.304 e. The molecule has 1 unspecified atom stereocenters. The number of thioether (sulfide) groups is 1. The third-order valence-electron chi connectivity index (χ3n) is 2.62. The van der Waals surface area contributed by atoms with Crippen molar-refractivity contribution in [3.8, 4) is 0 Å². The van der Waals surface area contributed by atoms with Crippen molar-refractivity contribution in [1.82, 2.24) is 4.72 Å². The maximum Gasteiger partial charge on any atom is 0.304 e. The highest BCUT2D eigenvalue weighted by Crippen LogP contribution is 2.36. The maximum absolute atomic E-state index is 12.0. The van der Waals surface area contributed by atoms with Crippen LogP contribution in [0.15, 0.2) is 10.3 Å². The van der Waals surface area contributed by atoms with Gasteiger partial charge in [-0.2, -0.15) is 11.8 Å². The highest BCUT2D eigenvalue weighted by Gasteiger charge is 2.25. The van der Waals surface area contributed by atoms with Gasteiger partial charge in [-0.05, 0) is 12.7 Å². The zero-order valence-corrected chi connectivity index (χ0v) is 13.8. The second-order valence-electron chi connectivity index (χ2n) is 4.02. The number of rotatable bonds is 8. The fourth-order valence-electron chi connectivity index (χ4n) is 1.39. The summed E-state index contributed by atoms with van der Waals surface area (Å²) >= 11 is 2.50. The Bertz CT molecular complexity index is 570. The molecule has 2 N–H and O–H groups in total. The molecule has 0 spiro atoms. The normalized spacial score (nSPS) is 13.2. The van der Waals surface area contributed by atoms with E-state index >= 15 is 0 Å². The molecule has 0 aliphatic carbocycles. The molecule has 1 atom stereocenters. The molecule has 1 heterocycles. The minimum atomic E-state index is -3.69. The van der Waals surface area contributed by atoms with Crippen LogP contribution in [0.25, 0.3) is 0 Å². The van der Waals surface area contributed by atoms with Gasteiger partial charge in [-0.25, -0.2) is 13.1 Å². The predicted molar refractivity (Wildman–Crippen MR) is 83.3 cm³/mol. The maximum atomic E-state index is 12.0. The van der Waals surface area contributed by atoms with Crippen LogP contribution in [0.2, 0.25) is 0 Å². The van der Waals surface area contributed by atoms with E-state index in [9.17, 15) is 18.5 Å². The van der Waals surface area contributed by atoms with Crippen LogP contribution in [0.1, 0.15) is 13.3 Å². The van der Waals surface area contributed by atoms with Crippen LogP contribution in [0.3, 0.4) is 0 Å². The van der Waals surface area contributed by atoms with E-state index in [0.717, 1.165) is 17.4 Å². The van der Waals surface area contributed by atoms with Crippen LogP contribution in [-0.2, 0) is 10.0 Å². The minimum absolute atomic E-state index is 0.0506. The Morgan fingerprint density at radius 1 is 1.55 bits per heavy atom. The summed E-state index contributed by atoms with van der Waals surface area (Å²) in [5.41, 5.74) is -0.227. The average molecular weight is 339 g/mol. The first-order valence-electron chi connectivity index (χ1n) is 5.80. The number of nitrogens with zero attached hydrogens (tertiary/aromatic N) is 1. The molecular formula is C10H17N3O4S3. The van der Waals surface area contributed by atoms with E-state index in [1.807, 2.05) is 13.2 Å². The lowest BCUT2D eigenvalue weighted by molar-refractivity contribution is -0.383. The molecule has 1 aromatic rings. The summed E-state index contributed by atoms with van der Waals surface area (Å²) in [5.74, 6) is 0. The molecule has 0 aliphatic heterocycles. The lowest BCUT2D eigenvalue weighted by Gasteiger charge is -2.08. The molecule has 0 aromatic carbocycles. The second-order valence-corrected chi connectivity index (χ2v) is 8.34. The Morgan fingerprint density at radius 2 is 2.20 bits per heavy atom. The van der Waals surface area contributed by atoms with E-state index < -0.39 is 14.9 Å². The summed E-state index contributed by atoms with van der Waals surface area (Å²) in [6, 6.07) is 1.08. The monoisotopic (exact) mass is 339 g/mol. The van der Waals surface area contributed by atoms with Crippen molar-refractivity contribution in [3.05, 3.63) is 16.2 Å². The third-order valence-corrected chi connectivity index (χ3v) is 6.74. The molecular weight excluding hydrogens is 322 g/mol. The standard InChI is InChI=1S/C10H17N3O4S3/c1-7(18-3)4-5-12-20(16,17)9-6-8(13(14)15)10(11-2)19-9/h6-7,11-12H,4-5H2,1-3H3. The molecule has 0 bridgehead atoms. The molecule has 0 aliphatic rings. The van der Waals surface area contributed by atoms with Crippen LogP contribution < -0.4 is 10.0 Å². The van der Waals surface area contributed by atoms with Gasteiger partial charge in [0.15, 0.2) is 5.00 Å². The quantitative estimate of drug-likeness (QED) is 0.556. The van der Waals surface area contributed by atoms with Crippen LogP contribution >= 0.6 is 23.1 Å². The Morgan fingerprint density at radius 3 is 2.65 bits per heavy atom. The topological polar surface area (TPSA) is 101 Å². The van der Waals surface area contributed by atoms with Crippen LogP contribution in [0.4, 0.5) is 10.7 Å². The van der Waals surface area contributed by atoms with E-state index in [1.54, 1.807) is 11.8 Å². The molecule has 10 heteroatoms. The molecule has 0 saturated carbocycles. The van der Waals surface area contributed by atoms with Gasteiger partial charge in [0.2, 0.25) is 10.0 Å². The summed E-state index contributed by atoms with van der Waals surface area (Å²) < 4.78 is 26.5.